The van der Waals surface area contributed by atoms with Gasteiger partial charge < -0.3 is 15.5 Å². The van der Waals surface area contributed by atoms with Crippen molar-refractivity contribution >= 4 is 5.91 Å². The zero-order valence-corrected chi connectivity index (χ0v) is 12.1. The summed E-state index contributed by atoms with van der Waals surface area (Å²) in [5, 5.41) is 6.06. The minimum absolute atomic E-state index is 0.0287. The van der Waals surface area contributed by atoms with Crippen LogP contribution in [0, 0.1) is 5.82 Å². The van der Waals surface area contributed by atoms with E-state index in [9.17, 15) is 9.18 Å². The van der Waals surface area contributed by atoms with E-state index < -0.39 is 0 Å². The van der Waals surface area contributed by atoms with Crippen LogP contribution in [0.4, 0.5) is 4.39 Å². The molecule has 0 aromatic heterocycles. The summed E-state index contributed by atoms with van der Waals surface area (Å²) < 4.78 is 13.7. The monoisotopic (exact) mass is 279 g/mol. The molecule has 110 valence electrons. The second-order valence-electron chi connectivity index (χ2n) is 5.53. The van der Waals surface area contributed by atoms with Crippen LogP contribution in [0.25, 0.3) is 0 Å². The first-order valence-electron chi connectivity index (χ1n) is 6.99. The van der Waals surface area contributed by atoms with Crippen LogP contribution >= 0.6 is 0 Å². The van der Waals surface area contributed by atoms with Gasteiger partial charge in [-0.25, -0.2) is 4.39 Å². The van der Waals surface area contributed by atoms with Gasteiger partial charge in [0.15, 0.2) is 0 Å². The third-order valence-electron chi connectivity index (χ3n) is 3.44. The largest absolute Gasteiger partial charge is 0.351 e. The van der Waals surface area contributed by atoms with Gasteiger partial charge in [0.05, 0.1) is 6.04 Å². The number of amides is 1. The molecule has 0 bridgehead atoms. The van der Waals surface area contributed by atoms with Crippen LogP contribution < -0.4 is 10.6 Å². The summed E-state index contributed by atoms with van der Waals surface area (Å²) in [6.45, 7) is 1.90. The Kier molecular flexibility index (Phi) is 5.09. The summed E-state index contributed by atoms with van der Waals surface area (Å²) in [6.07, 6.45) is 1.93. The Labute approximate surface area is 119 Å². The molecular formula is C15H22FN3O. The zero-order valence-electron chi connectivity index (χ0n) is 12.1. The van der Waals surface area contributed by atoms with Crippen LogP contribution in [-0.2, 0) is 17.9 Å². The standard InChI is InChI=1S/C15H22FN3O/c1-19(2)10-12-8-11(5-6-13(12)16)9-18-15(20)14-4-3-7-17-14/h5-6,8,14,17H,3-4,7,9-10H2,1-2H3,(H,18,20). The predicted molar refractivity (Wildman–Crippen MR) is 76.7 cm³/mol. The molecule has 1 heterocycles. The number of rotatable bonds is 5. The molecule has 1 saturated heterocycles. The highest BCUT2D eigenvalue weighted by Crippen LogP contribution is 2.12. The lowest BCUT2D eigenvalue weighted by Crippen LogP contribution is -2.40. The topological polar surface area (TPSA) is 44.4 Å². The van der Waals surface area contributed by atoms with Crippen molar-refractivity contribution < 1.29 is 9.18 Å². The van der Waals surface area contributed by atoms with Gasteiger partial charge in [-0.2, -0.15) is 0 Å². The summed E-state index contributed by atoms with van der Waals surface area (Å²) in [7, 11) is 3.80. The molecule has 0 saturated carbocycles. The average Bonchev–Trinajstić information content (AvgIpc) is 2.92. The molecule has 0 spiro atoms. The Morgan fingerprint density at radius 3 is 2.95 bits per heavy atom. The smallest absolute Gasteiger partial charge is 0.237 e. The van der Waals surface area contributed by atoms with E-state index in [1.807, 2.05) is 25.1 Å². The van der Waals surface area contributed by atoms with Gasteiger partial charge in [-0.1, -0.05) is 6.07 Å². The van der Waals surface area contributed by atoms with Crippen molar-refractivity contribution in [2.75, 3.05) is 20.6 Å². The van der Waals surface area contributed by atoms with Crippen LogP contribution in [0.3, 0.4) is 0 Å². The highest BCUT2D eigenvalue weighted by molar-refractivity contribution is 5.81. The van der Waals surface area contributed by atoms with Crippen LogP contribution in [0.15, 0.2) is 18.2 Å². The number of nitrogens with one attached hydrogen (secondary N) is 2. The summed E-state index contributed by atoms with van der Waals surface area (Å²) in [5.74, 6) is -0.174. The molecule has 4 nitrogen and oxygen atoms in total. The highest BCUT2D eigenvalue weighted by atomic mass is 19.1. The third kappa shape index (κ3) is 4.02. The lowest BCUT2D eigenvalue weighted by molar-refractivity contribution is -0.122. The van der Waals surface area contributed by atoms with Gasteiger partial charge in [0.2, 0.25) is 5.91 Å². The number of nitrogens with zero attached hydrogens (tertiary/aromatic N) is 1. The van der Waals surface area contributed by atoms with E-state index >= 15 is 0 Å². The van der Waals surface area contributed by atoms with E-state index in [-0.39, 0.29) is 17.8 Å². The normalized spacial score (nSPS) is 18.5. The Hall–Kier alpha value is -1.46. The second kappa shape index (κ2) is 6.81. The van der Waals surface area contributed by atoms with E-state index in [0.29, 0.717) is 18.7 Å². The van der Waals surface area contributed by atoms with E-state index in [0.717, 1.165) is 24.9 Å². The molecule has 2 N–H and O–H groups in total. The Bertz CT molecular complexity index is 470. The van der Waals surface area contributed by atoms with Crippen molar-refractivity contribution in [3.8, 4) is 0 Å². The van der Waals surface area contributed by atoms with Crippen molar-refractivity contribution in [3.63, 3.8) is 0 Å². The lowest BCUT2D eigenvalue weighted by atomic mass is 10.1. The summed E-state index contributed by atoms with van der Waals surface area (Å²) >= 11 is 0. The Morgan fingerprint density at radius 2 is 2.30 bits per heavy atom. The lowest BCUT2D eigenvalue weighted by Gasteiger charge is -2.14. The fourth-order valence-corrected chi connectivity index (χ4v) is 2.42. The molecule has 1 aromatic carbocycles. The maximum Gasteiger partial charge on any atom is 0.237 e. The third-order valence-corrected chi connectivity index (χ3v) is 3.44. The molecule has 1 aliphatic heterocycles. The maximum absolute atomic E-state index is 13.7. The van der Waals surface area contributed by atoms with Gasteiger partial charge in [0.25, 0.3) is 0 Å². The molecule has 0 radical (unpaired) electrons. The molecule has 1 aromatic rings. The van der Waals surface area contributed by atoms with Gasteiger partial charge in [0, 0.05) is 18.7 Å². The van der Waals surface area contributed by atoms with E-state index in [4.69, 9.17) is 0 Å². The van der Waals surface area contributed by atoms with Crippen LogP contribution in [0.2, 0.25) is 0 Å². The van der Waals surface area contributed by atoms with E-state index in [1.165, 1.54) is 6.07 Å². The highest BCUT2D eigenvalue weighted by Gasteiger charge is 2.21. The van der Waals surface area contributed by atoms with Crippen molar-refractivity contribution in [1.29, 1.82) is 0 Å². The van der Waals surface area contributed by atoms with E-state index in [1.54, 1.807) is 6.07 Å². The van der Waals surface area contributed by atoms with Crippen molar-refractivity contribution in [2.45, 2.75) is 32.0 Å². The molecule has 0 aliphatic carbocycles. The number of carbonyl (C=O) groups is 1. The van der Waals surface area contributed by atoms with Crippen LogP contribution in [0.1, 0.15) is 24.0 Å². The Balaban J connectivity index is 1.93. The summed E-state index contributed by atoms with van der Waals surface area (Å²) in [6, 6.07) is 4.93. The molecule has 5 heteroatoms. The van der Waals surface area contributed by atoms with Crippen molar-refractivity contribution in [2.24, 2.45) is 0 Å². The van der Waals surface area contributed by atoms with E-state index in [2.05, 4.69) is 10.6 Å². The molecule has 1 amide bonds. The molecule has 1 atom stereocenters. The first-order chi connectivity index (χ1) is 9.56. The van der Waals surface area contributed by atoms with Gasteiger partial charge >= 0.3 is 0 Å². The fraction of sp³-hybridized carbons (Fsp3) is 0.533. The van der Waals surface area contributed by atoms with Crippen LogP contribution in [0.5, 0.6) is 0 Å². The van der Waals surface area contributed by atoms with Crippen molar-refractivity contribution in [3.05, 3.63) is 35.1 Å². The minimum atomic E-state index is -0.203. The van der Waals surface area contributed by atoms with Gasteiger partial charge in [0.1, 0.15) is 5.82 Å². The molecule has 1 aliphatic rings. The van der Waals surface area contributed by atoms with Gasteiger partial charge in [-0.15, -0.1) is 0 Å². The van der Waals surface area contributed by atoms with Crippen molar-refractivity contribution in [1.82, 2.24) is 15.5 Å². The molecule has 2 rings (SSSR count). The first kappa shape index (κ1) is 14.9. The maximum atomic E-state index is 13.7. The van der Waals surface area contributed by atoms with Gasteiger partial charge in [-0.3, -0.25) is 4.79 Å². The predicted octanol–water partition coefficient (Wildman–Crippen LogP) is 1.26. The zero-order chi connectivity index (χ0) is 14.5. The number of hydrogen-bond donors (Lipinski definition) is 2. The first-order valence-corrected chi connectivity index (χ1v) is 6.99. The fourth-order valence-electron chi connectivity index (χ4n) is 2.42. The minimum Gasteiger partial charge on any atom is -0.351 e. The Morgan fingerprint density at radius 1 is 1.50 bits per heavy atom. The average molecular weight is 279 g/mol. The molecule has 20 heavy (non-hydrogen) atoms. The molecular weight excluding hydrogens is 257 g/mol. The van der Waals surface area contributed by atoms with Gasteiger partial charge in [-0.05, 0) is 51.2 Å². The quantitative estimate of drug-likeness (QED) is 0.853. The second-order valence-corrected chi connectivity index (χ2v) is 5.53. The summed E-state index contributed by atoms with van der Waals surface area (Å²) in [5.41, 5.74) is 1.58. The van der Waals surface area contributed by atoms with Crippen LogP contribution in [-0.4, -0.2) is 37.5 Å². The number of benzene rings is 1. The molecule has 1 fully saturated rings. The number of hydrogen-bond acceptors (Lipinski definition) is 3. The molecule has 1 unspecified atom stereocenters. The number of halogens is 1. The number of carbonyl (C=O) groups excluding carboxylic acids is 1. The summed E-state index contributed by atoms with van der Waals surface area (Å²) in [4.78, 5) is 13.8. The SMILES string of the molecule is CN(C)Cc1cc(CNC(=O)C2CCCN2)ccc1F.